The van der Waals surface area contributed by atoms with Crippen LogP contribution < -0.4 is 0 Å². The van der Waals surface area contributed by atoms with Gasteiger partial charge >= 0.3 is 0 Å². The molecule has 0 spiro atoms. The number of hydrogen-bond acceptors (Lipinski definition) is 1. The minimum Gasteiger partial charge on any atom is -0.496 e. The van der Waals surface area contributed by atoms with Crippen molar-refractivity contribution in [2.75, 3.05) is 7.11 Å². The Labute approximate surface area is 96.3 Å². The molecule has 0 N–H and O–H groups in total. The Bertz CT molecular complexity index is 405. The highest BCUT2D eigenvalue weighted by atomic mass is 19.1. The van der Waals surface area contributed by atoms with Crippen LogP contribution in [0.25, 0.3) is 5.57 Å². The summed E-state index contributed by atoms with van der Waals surface area (Å²) in [5, 5.41) is 0. The van der Waals surface area contributed by atoms with E-state index >= 15 is 0 Å². The van der Waals surface area contributed by atoms with Gasteiger partial charge in [0, 0.05) is 0 Å². The maximum atomic E-state index is 13.1. The molecule has 0 bridgehead atoms. The van der Waals surface area contributed by atoms with Gasteiger partial charge in [-0.25, -0.2) is 4.39 Å². The summed E-state index contributed by atoms with van der Waals surface area (Å²) in [6, 6.07) is 6.52. The van der Waals surface area contributed by atoms with E-state index in [1.165, 1.54) is 12.1 Å². The standard InChI is InChI=1S/C14H17FO/c1-4-5-9-14(16-3)11(2)12-7-6-8-13(15)10-12/h5-10H,4H2,1-3H3/b9-5-,14-11-. The van der Waals surface area contributed by atoms with E-state index in [2.05, 4.69) is 6.92 Å². The lowest BCUT2D eigenvalue weighted by atomic mass is 10.1. The van der Waals surface area contributed by atoms with Crippen molar-refractivity contribution in [1.82, 2.24) is 0 Å². The van der Waals surface area contributed by atoms with Gasteiger partial charge in [0.2, 0.25) is 0 Å². The van der Waals surface area contributed by atoms with Gasteiger partial charge in [0.1, 0.15) is 11.6 Å². The van der Waals surface area contributed by atoms with E-state index in [9.17, 15) is 4.39 Å². The van der Waals surface area contributed by atoms with Crippen LogP contribution in [0.4, 0.5) is 4.39 Å². The summed E-state index contributed by atoms with van der Waals surface area (Å²) >= 11 is 0. The Morgan fingerprint density at radius 2 is 2.19 bits per heavy atom. The molecule has 0 fully saturated rings. The molecule has 0 saturated carbocycles. The maximum absolute atomic E-state index is 13.1. The van der Waals surface area contributed by atoms with E-state index in [4.69, 9.17) is 4.74 Å². The lowest BCUT2D eigenvalue weighted by Crippen LogP contribution is -1.90. The fraction of sp³-hybridized carbons (Fsp3) is 0.286. The topological polar surface area (TPSA) is 9.23 Å². The van der Waals surface area contributed by atoms with Crippen LogP contribution in [0, 0.1) is 5.82 Å². The molecule has 0 aliphatic rings. The lowest BCUT2D eigenvalue weighted by molar-refractivity contribution is 0.308. The van der Waals surface area contributed by atoms with Crippen molar-refractivity contribution in [2.45, 2.75) is 20.3 Å². The zero-order chi connectivity index (χ0) is 12.0. The molecule has 0 aliphatic carbocycles. The third kappa shape index (κ3) is 3.23. The molecule has 1 rings (SSSR count). The van der Waals surface area contributed by atoms with Crippen molar-refractivity contribution < 1.29 is 9.13 Å². The van der Waals surface area contributed by atoms with Gasteiger partial charge in [-0.3, -0.25) is 0 Å². The summed E-state index contributed by atoms with van der Waals surface area (Å²) in [5.41, 5.74) is 1.78. The van der Waals surface area contributed by atoms with Crippen LogP contribution in [0.5, 0.6) is 0 Å². The van der Waals surface area contributed by atoms with E-state index in [1.807, 2.05) is 25.1 Å². The third-order valence-electron chi connectivity index (χ3n) is 2.35. The molecule has 2 heteroatoms. The van der Waals surface area contributed by atoms with Gasteiger partial charge in [0.05, 0.1) is 7.11 Å². The molecule has 1 aromatic rings. The van der Waals surface area contributed by atoms with Crippen molar-refractivity contribution in [3.8, 4) is 0 Å². The molecule has 0 saturated heterocycles. The monoisotopic (exact) mass is 220 g/mol. The molecule has 86 valence electrons. The van der Waals surface area contributed by atoms with Gasteiger partial charge in [0.25, 0.3) is 0 Å². The highest BCUT2D eigenvalue weighted by molar-refractivity contribution is 5.67. The number of hydrogen-bond donors (Lipinski definition) is 0. The average molecular weight is 220 g/mol. The molecule has 0 unspecified atom stereocenters. The molecule has 0 atom stereocenters. The van der Waals surface area contributed by atoms with E-state index in [0.29, 0.717) is 0 Å². The van der Waals surface area contributed by atoms with Crippen LogP contribution in [0.3, 0.4) is 0 Å². The fourth-order valence-electron chi connectivity index (χ4n) is 1.44. The van der Waals surface area contributed by atoms with Gasteiger partial charge in [-0.1, -0.05) is 25.1 Å². The Morgan fingerprint density at radius 3 is 2.75 bits per heavy atom. The van der Waals surface area contributed by atoms with Crippen molar-refractivity contribution in [3.05, 3.63) is 53.6 Å². The smallest absolute Gasteiger partial charge is 0.123 e. The first-order valence-electron chi connectivity index (χ1n) is 5.36. The van der Waals surface area contributed by atoms with E-state index < -0.39 is 0 Å². The quantitative estimate of drug-likeness (QED) is 0.546. The predicted octanol–water partition coefficient (Wildman–Crippen LogP) is 4.17. The summed E-state index contributed by atoms with van der Waals surface area (Å²) in [7, 11) is 1.62. The molecule has 0 radical (unpaired) electrons. The molecule has 16 heavy (non-hydrogen) atoms. The highest BCUT2D eigenvalue weighted by Crippen LogP contribution is 2.20. The van der Waals surface area contributed by atoms with Crippen LogP contribution >= 0.6 is 0 Å². The normalized spacial score (nSPS) is 12.8. The van der Waals surface area contributed by atoms with Crippen molar-refractivity contribution in [2.24, 2.45) is 0 Å². The molecule has 0 heterocycles. The number of halogens is 1. The number of benzene rings is 1. The molecule has 1 aromatic carbocycles. The Morgan fingerprint density at radius 1 is 1.44 bits per heavy atom. The van der Waals surface area contributed by atoms with Crippen LogP contribution in [0.15, 0.2) is 42.2 Å². The average Bonchev–Trinajstić information content (AvgIpc) is 2.29. The summed E-state index contributed by atoms with van der Waals surface area (Å²) in [6.45, 7) is 3.98. The molecule has 0 aliphatic heterocycles. The van der Waals surface area contributed by atoms with Crippen molar-refractivity contribution >= 4 is 5.57 Å². The Kier molecular flexibility index (Phi) is 4.77. The van der Waals surface area contributed by atoms with Crippen molar-refractivity contribution in [3.63, 3.8) is 0 Å². The van der Waals surface area contributed by atoms with Gasteiger partial charge in [-0.05, 0) is 42.7 Å². The number of ether oxygens (including phenoxy) is 1. The van der Waals surface area contributed by atoms with Gasteiger partial charge in [-0.2, -0.15) is 0 Å². The van der Waals surface area contributed by atoms with E-state index in [0.717, 1.165) is 23.3 Å². The van der Waals surface area contributed by atoms with Gasteiger partial charge in [-0.15, -0.1) is 0 Å². The van der Waals surface area contributed by atoms with Gasteiger partial charge < -0.3 is 4.74 Å². The second-order valence-corrected chi connectivity index (χ2v) is 3.51. The van der Waals surface area contributed by atoms with E-state index in [1.54, 1.807) is 13.2 Å². The zero-order valence-electron chi connectivity index (χ0n) is 9.96. The number of methoxy groups -OCH3 is 1. The minimum atomic E-state index is -0.230. The zero-order valence-corrected chi connectivity index (χ0v) is 9.96. The maximum Gasteiger partial charge on any atom is 0.123 e. The first-order valence-corrected chi connectivity index (χ1v) is 5.36. The predicted molar refractivity (Wildman–Crippen MR) is 65.4 cm³/mol. The molecule has 0 aromatic heterocycles. The molecular formula is C14H17FO. The van der Waals surface area contributed by atoms with Gasteiger partial charge in [0.15, 0.2) is 0 Å². The number of rotatable bonds is 4. The van der Waals surface area contributed by atoms with Crippen molar-refractivity contribution in [1.29, 1.82) is 0 Å². The first-order chi connectivity index (χ1) is 7.69. The first kappa shape index (κ1) is 12.5. The molecule has 0 amide bonds. The number of allylic oxidation sites excluding steroid dienone is 3. The Balaban J connectivity index is 3.09. The van der Waals surface area contributed by atoms with Crippen LogP contribution in [-0.4, -0.2) is 7.11 Å². The summed E-state index contributed by atoms with van der Waals surface area (Å²) < 4.78 is 18.3. The third-order valence-corrected chi connectivity index (χ3v) is 2.35. The lowest BCUT2D eigenvalue weighted by Gasteiger charge is -2.07. The Hall–Kier alpha value is -1.57. The minimum absolute atomic E-state index is 0.230. The summed E-state index contributed by atoms with van der Waals surface area (Å²) in [4.78, 5) is 0. The highest BCUT2D eigenvalue weighted by Gasteiger charge is 2.03. The largest absolute Gasteiger partial charge is 0.496 e. The SMILES string of the molecule is CC/C=C\C(OC)=C(/C)c1cccc(F)c1. The van der Waals surface area contributed by atoms with Crippen LogP contribution in [-0.2, 0) is 4.74 Å². The second-order valence-electron chi connectivity index (χ2n) is 3.51. The summed E-state index contributed by atoms with van der Waals surface area (Å²) in [6.07, 6.45) is 4.88. The second kappa shape index (κ2) is 6.11. The molecular weight excluding hydrogens is 203 g/mol. The van der Waals surface area contributed by atoms with E-state index in [-0.39, 0.29) is 5.82 Å². The summed E-state index contributed by atoms with van der Waals surface area (Å²) in [5.74, 6) is 0.541. The fourth-order valence-corrected chi connectivity index (χ4v) is 1.44. The van der Waals surface area contributed by atoms with Crippen LogP contribution in [0.1, 0.15) is 25.8 Å². The molecule has 1 nitrogen and oxygen atoms in total. The van der Waals surface area contributed by atoms with Crippen LogP contribution in [0.2, 0.25) is 0 Å².